The molecule has 1 heterocycles. The molecule has 2 saturated carbocycles. The number of carboxylic acid groups (broad SMARTS) is 1. The summed E-state index contributed by atoms with van der Waals surface area (Å²) >= 11 is 3.49. The molecular weight excluding hydrogens is 535 g/mol. The largest absolute Gasteiger partial charge is 0.490 e. The van der Waals surface area contributed by atoms with Crippen LogP contribution in [-0.4, -0.2) is 16.1 Å². The minimum Gasteiger partial charge on any atom is -0.490 e. The minimum absolute atomic E-state index is 0.0894. The molecule has 2 aliphatic rings. The Kier molecular flexibility index (Phi) is 7.45. The molecule has 1 N–H and O–H groups in total. The van der Waals surface area contributed by atoms with Crippen LogP contribution in [0.15, 0.2) is 88.8 Å². The lowest BCUT2D eigenvalue weighted by Gasteiger charge is -2.15. The molecule has 36 heavy (non-hydrogen) atoms. The lowest BCUT2D eigenvalue weighted by molar-refractivity contribution is -0.137. The van der Waals surface area contributed by atoms with Crippen molar-refractivity contribution in [3.63, 3.8) is 0 Å². The molecule has 2 unspecified atom stereocenters. The maximum atomic E-state index is 13.6. The molecule has 1 aromatic heterocycles. The van der Waals surface area contributed by atoms with Crippen molar-refractivity contribution in [1.82, 2.24) is 4.57 Å². The normalized spacial score (nSPS) is 20.7. The average molecular weight is 560 g/mol. The highest BCUT2D eigenvalue weighted by Gasteiger charge is 2.46. The Morgan fingerprint density at radius 1 is 1.28 bits per heavy atom. The van der Waals surface area contributed by atoms with Crippen LogP contribution in [0.4, 0.5) is 13.2 Å². The van der Waals surface area contributed by atoms with Crippen molar-refractivity contribution >= 4 is 33.3 Å². The molecule has 2 aliphatic carbocycles. The Hall–Kier alpha value is -3.26. The monoisotopic (exact) mass is 559 g/mol. The van der Waals surface area contributed by atoms with E-state index in [-0.39, 0.29) is 12.2 Å². The van der Waals surface area contributed by atoms with E-state index < -0.39 is 11.7 Å². The fraction of sp³-hybridized carbons (Fsp3) is 0.250. The van der Waals surface area contributed by atoms with Gasteiger partial charge >= 0.3 is 6.18 Å². The highest BCUT2D eigenvalue weighted by Crippen LogP contribution is 2.57. The number of halogens is 4. The highest BCUT2D eigenvalue weighted by molar-refractivity contribution is 9.10. The van der Waals surface area contributed by atoms with Gasteiger partial charge in [0.2, 0.25) is 0 Å². The second kappa shape index (κ2) is 10.4. The van der Waals surface area contributed by atoms with Gasteiger partial charge in [-0.3, -0.25) is 4.79 Å². The van der Waals surface area contributed by atoms with Crippen LogP contribution >= 0.6 is 15.9 Å². The van der Waals surface area contributed by atoms with Crippen molar-refractivity contribution in [2.75, 3.05) is 0 Å². The zero-order valence-electron chi connectivity index (χ0n) is 19.6. The van der Waals surface area contributed by atoms with Gasteiger partial charge in [-0.1, -0.05) is 36.9 Å². The van der Waals surface area contributed by atoms with Crippen molar-refractivity contribution in [3.8, 4) is 5.69 Å². The Morgan fingerprint density at radius 2 is 2.00 bits per heavy atom. The van der Waals surface area contributed by atoms with E-state index in [4.69, 9.17) is 14.6 Å². The second-order valence-corrected chi connectivity index (χ2v) is 9.65. The maximum absolute atomic E-state index is 13.6. The van der Waals surface area contributed by atoms with Crippen molar-refractivity contribution in [2.45, 2.75) is 32.5 Å². The fourth-order valence-electron chi connectivity index (χ4n) is 4.89. The number of hydrogen-bond acceptors (Lipinski definition) is 2. The van der Waals surface area contributed by atoms with Gasteiger partial charge in [0.25, 0.3) is 6.47 Å². The number of hydrogen-bond donors (Lipinski definition) is 1. The summed E-state index contributed by atoms with van der Waals surface area (Å²) in [5, 5.41) is 7.72. The Labute approximate surface area is 215 Å². The third-order valence-corrected chi connectivity index (χ3v) is 7.17. The fourth-order valence-corrected chi connectivity index (χ4v) is 5.43. The number of fused-ring (bicyclic) bond motifs is 2. The van der Waals surface area contributed by atoms with E-state index in [1.807, 2.05) is 24.3 Å². The molecule has 5 rings (SSSR count). The first kappa shape index (κ1) is 25.8. The molecule has 2 fully saturated rings. The molecule has 188 valence electrons. The summed E-state index contributed by atoms with van der Waals surface area (Å²) in [6, 6.07) is 11.3. The zero-order chi connectivity index (χ0) is 26.0. The van der Waals surface area contributed by atoms with E-state index in [1.165, 1.54) is 29.7 Å². The third kappa shape index (κ3) is 5.28. The minimum atomic E-state index is -4.45. The highest BCUT2D eigenvalue weighted by atomic mass is 79.9. The summed E-state index contributed by atoms with van der Waals surface area (Å²) in [5.41, 5.74) is 3.67. The van der Waals surface area contributed by atoms with Gasteiger partial charge in [-0.25, -0.2) is 0 Å². The number of para-hydroxylation sites is 1. The molecule has 0 radical (unpaired) electrons. The molecule has 0 saturated heterocycles. The van der Waals surface area contributed by atoms with Gasteiger partial charge in [-0.15, -0.1) is 0 Å². The molecule has 8 heteroatoms. The van der Waals surface area contributed by atoms with Gasteiger partial charge in [0.1, 0.15) is 12.4 Å². The van der Waals surface area contributed by atoms with Gasteiger partial charge in [-0.2, -0.15) is 13.2 Å². The van der Waals surface area contributed by atoms with Crippen molar-refractivity contribution < 1.29 is 27.8 Å². The number of alkyl halides is 3. The van der Waals surface area contributed by atoms with Crippen LogP contribution in [0.3, 0.4) is 0 Å². The molecule has 2 aromatic carbocycles. The molecule has 4 nitrogen and oxygen atoms in total. The van der Waals surface area contributed by atoms with E-state index in [9.17, 15) is 13.2 Å². The first-order valence-electron chi connectivity index (χ1n) is 11.4. The second-order valence-electron chi connectivity index (χ2n) is 8.79. The van der Waals surface area contributed by atoms with Crippen LogP contribution in [0.2, 0.25) is 0 Å². The van der Waals surface area contributed by atoms with Crippen LogP contribution in [0.25, 0.3) is 16.6 Å². The number of aromatic nitrogens is 1. The van der Waals surface area contributed by atoms with E-state index >= 15 is 0 Å². The number of carbonyl (C=O) groups is 1. The molecular formula is C28H25BrF3NO3. The Balaban J connectivity index is 0.000000967. The van der Waals surface area contributed by atoms with E-state index in [2.05, 4.69) is 35.5 Å². The third-order valence-electron chi connectivity index (χ3n) is 6.54. The van der Waals surface area contributed by atoms with Crippen LogP contribution < -0.4 is 0 Å². The maximum Gasteiger partial charge on any atom is 0.418 e. The van der Waals surface area contributed by atoms with Gasteiger partial charge in [0.15, 0.2) is 0 Å². The number of nitrogens with zero attached hydrogens (tertiary/aromatic N) is 1. The SMILES string of the molecule is C=C(/C=C1/CC2CC2/C1=C/C)OCc1ccc2c(Br)cn(-c3ccccc3C(F)(F)F)c2c1.O=CO. The van der Waals surface area contributed by atoms with Crippen molar-refractivity contribution in [3.05, 3.63) is 99.9 Å². The number of rotatable bonds is 5. The first-order chi connectivity index (χ1) is 17.2. The van der Waals surface area contributed by atoms with Gasteiger partial charge in [-0.05, 0) is 88.5 Å². The summed E-state index contributed by atoms with van der Waals surface area (Å²) in [7, 11) is 0. The van der Waals surface area contributed by atoms with E-state index in [1.54, 1.807) is 16.8 Å². The molecule has 0 spiro atoms. The van der Waals surface area contributed by atoms with E-state index in [0.717, 1.165) is 33.8 Å². The summed E-state index contributed by atoms with van der Waals surface area (Å²) in [6.45, 7) is 6.17. The molecule has 2 atom stereocenters. The summed E-state index contributed by atoms with van der Waals surface area (Å²) < 4.78 is 49.1. The van der Waals surface area contributed by atoms with Gasteiger partial charge in [0.05, 0.1) is 16.8 Å². The lowest BCUT2D eigenvalue weighted by atomic mass is 10.0. The summed E-state index contributed by atoms with van der Waals surface area (Å²) in [4.78, 5) is 8.36. The summed E-state index contributed by atoms with van der Waals surface area (Å²) in [6.07, 6.45) is 3.82. The number of ether oxygens (including phenoxy) is 1. The van der Waals surface area contributed by atoms with Crippen molar-refractivity contribution in [2.24, 2.45) is 11.8 Å². The van der Waals surface area contributed by atoms with Gasteiger partial charge in [0, 0.05) is 16.1 Å². The van der Waals surface area contributed by atoms with Crippen LogP contribution in [0, 0.1) is 11.8 Å². The topological polar surface area (TPSA) is 51.5 Å². The van der Waals surface area contributed by atoms with Crippen molar-refractivity contribution in [1.29, 1.82) is 0 Å². The standard InChI is InChI=1S/C27H23BrF3NO.CH2O2/c1-3-20-18(12-19-13-22(19)20)10-16(2)33-15-17-8-9-21-24(28)14-32(26(21)11-17)25-7-5-4-6-23(25)27(29,30)31;2-1-3/h3-11,14,19,22H,2,12-13,15H2,1H3;1H,(H,2,3)/b18-10-,20-3+;. The molecule has 0 aliphatic heterocycles. The molecule has 0 bridgehead atoms. The predicted octanol–water partition coefficient (Wildman–Crippen LogP) is 8.06. The number of benzene rings is 2. The van der Waals surface area contributed by atoms with E-state index in [0.29, 0.717) is 23.8 Å². The Morgan fingerprint density at radius 3 is 2.69 bits per heavy atom. The van der Waals surface area contributed by atoms with Crippen LogP contribution in [0.5, 0.6) is 0 Å². The first-order valence-corrected chi connectivity index (χ1v) is 12.2. The smallest absolute Gasteiger partial charge is 0.418 e. The summed E-state index contributed by atoms with van der Waals surface area (Å²) in [5.74, 6) is 2.09. The Bertz CT molecular complexity index is 1370. The molecule has 0 amide bonds. The average Bonchev–Trinajstić information content (AvgIpc) is 3.39. The zero-order valence-corrected chi connectivity index (χ0v) is 21.1. The van der Waals surface area contributed by atoms with Crippen LogP contribution in [-0.2, 0) is 22.3 Å². The number of allylic oxidation sites excluding steroid dienone is 4. The van der Waals surface area contributed by atoms with Gasteiger partial charge < -0.3 is 14.4 Å². The molecule has 3 aromatic rings. The lowest BCUT2D eigenvalue weighted by Crippen LogP contribution is -2.10. The van der Waals surface area contributed by atoms with Crippen LogP contribution in [0.1, 0.15) is 30.9 Å². The predicted molar refractivity (Wildman–Crippen MR) is 137 cm³/mol. The quantitative estimate of drug-likeness (QED) is 0.254.